The minimum Gasteiger partial charge on any atom is -0.377 e. The Hall–Kier alpha value is -3.45. The molecule has 30 heavy (non-hydrogen) atoms. The van der Waals surface area contributed by atoms with Crippen molar-refractivity contribution in [3.05, 3.63) is 71.7 Å². The van der Waals surface area contributed by atoms with E-state index in [1.807, 2.05) is 43.2 Å². The number of benzene rings is 1. The van der Waals surface area contributed by atoms with Crippen LogP contribution in [0.4, 0.5) is 0 Å². The van der Waals surface area contributed by atoms with Gasteiger partial charge in [0.1, 0.15) is 11.3 Å². The van der Waals surface area contributed by atoms with Crippen LogP contribution < -0.4 is 5.32 Å². The molecule has 0 bridgehead atoms. The Balaban J connectivity index is 1.44. The van der Waals surface area contributed by atoms with Gasteiger partial charge in [0.2, 0.25) is 0 Å². The summed E-state index contributed by atoms with van der Waals surface area (Å²) in [5.74, 6) is -0.154. The van der Waals surface area contributed by atoms with E-state index in [4.69, 9.17) is 4.74 Å². The van der Waals surface area contributed by atoms with Crippen LogP contribution >= 0.6 is 0 Å². The number of hydrogen-bond acceptors (Lipinski definition) is 4. The van der Waals surface area contributed by atoms with Gasteiger partial charge in [-0.1, -0.05) is 24.3 Å². The molecule has 4 aromatic rings. The van der Waals surface area contributed by atoms with E-state index in [2.05, 4.69) is 45.7 Å². The third-order valence-electron chi connectivity index (χ3n) is 5.49. The van der Waals surface area contributed by atoms with Crippen molar-refractivity contribution in [2.75, 3.05) is 13.2 Å². The van der Waals surface area contributed by atoms with Crippen molar-refractivity contribution in [3.63, 3.8) is 0 Å². The zero-order valence-corrected chi connectivity index (χ0v) is 17.0. The van der Waals surface area contributed by atoms with Gasteiger partial charge in [-0.05, 0) is 35.7 Å². The van der Waals surface area contributed by atoms with E-state index in [-0.39, 0.29) is 11.9 Å². The molecule has 5 rings (SSSR count). The predicted octanol–water partition coefficient (Wildman–Crippen LogP) is 2.69. The van der Waals surface area contributed by atoms with E-state index in [9.17, 15) is 4.79 Å². The highest BCUT2D eigenvalue weighted by molar-refractivity contribution is 5.95. The summed E-state index contributed by atoms with van der Waals surface area (Å²) in [4.78, 5) is 17.3. The topological polar surface area (TPSA) is 74.0 Å². The zero-order chi connectivity index (χ0) is 20.7. The fourth-order valence-electron chi connectivity index (χ4n) is 3.72. The summed E-state index contributed by atoms with van der Waals surface area (Å²) in [6.07, 6.45) is 4.64. The lowest BCUT2D eigenvalue weighted by molar-refractivity contribution is -0.00354. The van der Waals surface area contributed by atoms with Gasteiger partial charge in [-0.15, -0.1) is 0 Å². The number of carbonyl (C=O) groups excluding carboxylic acids is 1. The number of aryl methyl sites for hydroxylation is 2. The maximum Gasteiger partial charge on any atom is 0.270 e. The molecule has 1 N–H and O–H groups in total. The van der Waals surface area contributed by atoms with E-state index < -0.39 is 0 Å². The van der Waals surface area contributed by atoms with Crippen molar-refractivity contribution in [2.45, 2.75) is 12.5 Å². The van der Waals surface area contributed by atoms with Crippen LogP contribution in [-0.2, 0) is 25.3 Å². The van der Waals surface area contributed by atoms with Gasteiger partial charge < -0.3 is 14.6 Å². The monoisotopic (exact) mass is 401 g/mol. The summed E-state index contributed by atoms with van der Waals surface area (Å²) >= 11 is 0. The van der Waals surface area contributed by atoms with Crippen molar-refractivity contribution in [2.24, 2.45) is 14.1 Å². The third-order valence-corrected chi connectivity index (χ3v) is 5.49. The van der Waals surface area contributed by atoms with Crippen molar-refractivity contribution < 1.29 is 9.53 Å². The highest BCUT2D eigenvalue weighted by Gasteiger charge is 2.22. The predicted molar refractivity (Wildman–Crippen MR) is 114 cm³/mol. The zero-order valence-electron chi connectivity index (χ0n) is 17.0. The molecule has 1 aromatic carbocycles. The molecule has 7 heteroatoms. The quantitative estimate of drug-likeness (QED) is 0.558. The number of pyridine rings is 1. The molecule has 1 saturated heterocycles. The van der Waals surface area contributed by atoms with Gasteiger partial charge in [-0.2, -0.15) is 5.10 Å². The highest BCUT2D eigenvalue weighted by atomic mass is 16.5. The molecule has 0 unspecified atom stereocenters. The molecule has 3 aromatic heterocycles. The van der Waals surface area contributed by atoms with Crippen molar-refractivity contribution in [1.29, 1.82) is 0 Å². The third kappa shape index (κ3) is 3.48. The van der Waals surface area contributed by atoms with Crippen LogP contribution in [0.1, 0.15) is 21.6 Å². The largest absolute Gasteiger partial charge is 0.377 e. The van der Waals surface area contributed by atoms with Gasteiger partial charge in [0.05, 0.1) is 24.9 Å². The Morgan fingerprint density at radius 2 is 1.93 bits per heavy atom. The molecule has 0 aliphatic carbocycles. The fraction of sp³-hybridized carbons (Fsp3) is 0.261. The first-order valence-electron chi connectivity index (χ1n) is 9.99. The molecule has 0 radical (unpaired) electrons. The number of aromatic nitrogens is 4. The minimum absolute atomic E-state index is 0.0750. The van der Waals surface area contributed by atoms with Gasteiger partial charge in [0, 0.05) is 37.4 Å². The summed E-state index contributed by atoms with van der Waals surface area (Å²) in [6.45, 7) is 1.13. The summed E-state index contributed by atoms with van der Waals surface area (Å²) < 4.78 is 8.90. The molecule has 0 saturated carbocycles. The van der Waals surface area contributed by atoms with E-state index in [1.54, 1.807) is 4.68 Å². The lowest BCUT2D eigenvalue weighted by atomic mass is 10.0. The average molecular weight is 401 g/mol. The molecule has 1 fully saturated rings. The molecule has 152 valence electrons. The van der Waals surface area contributed by atoms with Crippen LogP contribution in [0.2, 0.25) is 0 Å². The van der Waals surface area contributed by atoms with E-state index in [1.165, 1.54) is 5.56 Å². The number of hydrogen-bond donors (Lipinski definition) is 1. The van der Waals surface area contributed by atoms with Gasteiger partial charge in [-0.3, -0.25) is 9.48 Å². The number of rotatable bonds is 5. The minimum atomic E-state index is -0.154. The molecule has 1 aliphatic rings. The van der Waals surface area contributed by atoms with Crippen molar-refractivity contribution in [1.82, 2.24) is 24.6 Å². The van der Waals surface area contributed by atoms with Gasteiger partial charge in [0.25, 0.3) is 5.91 Å². The lowest BCUT2D eigenvalue weighted by Gasteiger charge is -2.26. The molecule has 1 amide bonds. The maximum atomic E-state index is 12.7. The molecular weight excluding hydrogens is 378 g/mol. The summed E-state index contributed by atoms with van der Waals surface area (Å²) in [7, 11) is 3.86. The smallest absolute Gasteiger partial charge is 0.270 e. The van der Waals surface area contributed by atoms with Crippen LogP contribution in [0.15, 0.2) is 54.9 Å². The van der Waals surface area contributed by atoms with Crippen LogP contribution in [0.5, 0.6) is 0 Å². The summed E-state index contributed by atoms with van der Waals surface area (Å²) in [6, 6.07) is 14.5. The highest BCUT2D eigenvalue weighted by Crippen LogP contribution is 2.24. The first-order valence-corrected chi connectivity index (χ1v) is 9.99. The Morgan fingerprint density at radius 1 is 1.13 bits per heavy atom. The number of ether oxygens (including phenoxy) is 1. The van der Waals surface area contributed by atoms with E-state index in [0.717, 1.165) is 34.3 Å². The molecule has 4 heterocycles. The molecule has 1 aliphatic heterocycles. The molecular formula is C23H23N5O2. The molecule has 0 atom stereocenters. The van der Waals surface area contributed by atoms with E-state index >= 15 is 0 Å². The molecule has 0 spiro atoms. The Bertz CT molecular complexity index is 1220. The Morgan fingerprint density at radius 3 is 2.60 bits per heavy atom. The van der Waals surface area contributed by atoms with Crippen LogP contribution in [0.3, 0.4) is 0 Å². The first kappa shape index (κ1) is 18.6. The second kappa shape index (κ2) is 7.42. The maximum absolute atomic E-state index is 12.7. The van der Waals surface area contributed by atoms with Crippen molar-refractivity contribution in [3.8, 4) is 11.3 Å². The van der Waals surface area contributed by atoms with Gasteiger partial charge >= 0.3 is 0 Å². The summed E-state index contributed by atoms with van der Waals surface area (Å²) in [5, 5.41) is 8.50. The number of fused-ring (bicyclic) bond motifs is 1. The van der Waals surface area contributed by atoms with Gasteiger partial charge in [-0.25, -0.2) is 4.98 Å². The number of nitrogens with one attached hydrogen (secondary N) is 1. The lowest BCUT2D eigenvalue weighted by Crippen LogP contribution is -2.48. The summed E-state index contributed by atoms with van der Waals surface area (Å²) in [5.41, 5.74) is 5.55. The molecule has 7 nitrogen and oxygen atoms in total. The van der Waals surface area contributed by atoms with Crippen LogP contribution in [0, 0.1) is 0 Å². The SMILES string of the molecule is Cn1ccc(-c2ccc(Cc3cc(C(=O)NC4COC4)nc4c3ccn4C)cc2)n1. The number of nitrogens with zero attached hydrogens (tertiary/aromatic N) is 4. The number of carbonyl (C=O) groups is 1. The normalized spacial score (nSPS) is 14.1. The van der Waals surface area contributed by atoms with Crippen LogP contribution in [0.25, 0.3) is 22.3 Å². The number of amides is 1. The van der Waals surface area contributed by atoms with Gasteiger partial charge in [0.15, 0.2) is 0 Å². The first-order chi connectivity index (χ1) is 14.6. The average Bonchev–Trinajstić information content (AvgIpc) is 3.31. The second-order valence-electron chi connectivity index (χ2n) is 7.79. The van der Waals surface area contributed by atoms with Crippen molar-refractivity contribution >= 4 is 16.9 Å². The second-order valence-corrected chi connectivity index (χ2v) is 7.79. The Labute approximate surface area is 174 Å². The Kier molecular flexibility index (Phi) is 4.59. The van der Waals surface area contributed by atoms with Crippen LogP contribution in [-0.4, -0.2) is 44.5 Å². The van der Waals surface area contributed by atoms with E-state index in [0.29, 0.717) is 18.9 Å². The fourth-order valence-corrected chi connectivity index (χ4v) is 3.72. The standard InChI is InChI=1S/C23H23N5O2/c1-27-9-7-19-17(12-21(25-22(19)27)23(29)24-18-13-30-14-18)11-15-3-5-16(6-4-15)20-8-10-28(2)26-20/h3-10,12,18H,11,13-14H2,1-2H3,(H,24,29).